The minimum Gasteiger partial charge on any atom is -0.370 e. The second-order valence-corrected chi connectivity index (χ2v) is 5.95. The fourth-order valence-corrected chi connectivity index (χ4v) is 2.88. The summed E-state index contributed by atoms with van der Waals surface area (Å²) in [6.07, 6.45) is 3.85. The van der Waals surface area contributed by atoms with Crippen molar-refractivity contribution in [3.05, 3.63) is 82.5 Å². The Morgan fingerprint density at radius 1 is 1.09 bits per heavy atom. The van der Waals surface area contributed by atoms with Crippen molar-refractivity contribution >= 4 is 17.4 Å². The SMILES string of the molecule is O=C(/C=C1\CCCN1Cc1ccccc1)c1ccc(Cl)cc1. The van der Waals surface area contributed by atoms with E-state index >= 15 is 0 Å². The Bertz CT molecular complexity index is 676. The summed E-state index contributed by atoms with van der Waals surface area (Å²) in [5.74, 6) is 0.0478. The van der Waals surface area contributed by atoms with Gasteiger partial charge in [-0.15, -0.1) is 0 Å². The van der Waals surface area contributed by atoms with Crippen LogP contribution in [-0.2, 0) is 6.54 Å². The van der Waals surface area contributed by atoms with E-state index in [4.69, 9.17) is 11.6 Å². The van der Waals surface area contributed by atoms with Crippen molar-refractivity contribution in [3.63, 3.8) is 0 Å². The predicted octanol–water partition coefficient (Wildman–Crippen LogP) is 4.70. The largest absolute Gasteiger partial charge is 0.370 e. The van der Waals surface area contributed by atoms with Crippen molar-refractivity contribution in [2.75, 3.05) is 6.54 Å². The number of halogens is 1. The Morgan fingerprint density at radius 3 is 2.55 bits per heavy atom. The Hall–Kier alpha value is -2.06. The maximum atomic E-state index is 12.4. The van der Waals surface area contributed by atoms with Gasteiger partial charge in [-0.3, -0.25) is 4.79 Å². The third kappa shape index (κ3) is 3.58. The van der Waals surface area contributed by atoms with Gasteiger partial charge in [0.1, 0.15) is 0 Å². The number of allylic oxidation sites excluding steroid dienone is 2. The number of carbonyl (C=O) groups is 1. The van der Waals surface area contributed by atoms with Crippen LogP contribution in [0.25, 0.3) is 0 Å². The van der Waals surface area contributed by atoms with Gasteiger partial charge in [-0.05, 0) is 42.7 Å². The maximum absolute atomic E-state index is 12.4. The molecular weight excluding hydrogens is 294 g/mol. The molecule has 3 rings (SSSR count). The molecular formula is C19H18ClNO. The van der Waals surface area contributed by atoms with Crippen molar-refractivity contribution in [3.8, 4) is 0 Å². The molecule has 0 atom stereocenters. The number of hydrogen-bond acceptors (Lipinski definition) is 2. The van der Waals surface area contributed by atoms with E-state index in [0.717, 1.165) is 31.6 Å². The molecule has 0 aliphatic carbocycles. The van der Waals surface area contributed by atoms with Gasteiger partial charge in [-0.1, -0.05) is 41.9 Å². The minimum absolute atomic E-state index is 0.0478. The van der Waals surface area contributed by atoms with Crippen LogP contribution in [-0.4, -0.2) is 17.2 Å². The van der Waals surface area contributed by atoms with Crippen molar-refractivity contribution in [2.24, 2.45) is 0 Å². The summed E-state index contributed by atoms with van der Waals surface area (Å²) in [4.78, 5) is 14.7. The van der Waals surface area contributed by atoms with Gasteiger partial charge < -0.3 is 4.90 Å². The molecule has 1 saturated heterocycles. The molecule has 2 aromatic carbocycles. The molecule has 0 radical (unpaired) electrons. The number of benzene rings is 2. The first-order valence-corrected chi connectivity index (χ1v) is 7.89. The van der Waals surface area contributed by atoms with Gasteiger partial charge in [0.15, 0.2) is 5.78 Å². The molecule has 1 fully saturated rings. The van der Waals surface area contributed by atoms with Crippen LogP contribution in [0.2, 0.25) is 5.02 Å². The number of nitrogens with zero attached hydrogens (tertiary/aromatic N) is 1. The zero-order valence-electron chi connectivity index (χ0n) is 12.3. The molecule has 3 heteroatoms. The van der Waals surface area contributed by atoms with Crippen LogP contribution in [0.4, 0.5) is 0 Å². The highest BCUT2D eigenvalue weighted by Crippen LogP contribution is 2.24. The lowest BCUT2D eigenvalue weighted by Crippen LogP contribution is -2.18. The standard InChI is InChI=1S/C19H18ClNO/c20-17-10-8-16(9-11-17)19(22)13-18-7-4-12-21(18)14-15-5-2-1-3-6-15/h1-3,5-6,8-11,13H,4,7,12,14H2/b18-13+. The van der Waals surface area contributed by atoms with E-state index < -0.39 is 0 Å². The molecule has 0 amide bonds. The van der Waals surface area contributed by atoms with Crippen LogP contribution in [0.15, 0.2) is 66.4 Å². The lowest BCUT2D eigenvalue weighted by atomic mass is 10.1. The quantitative estimate of drug-likeness (QED) is 0.602. The minimum atomic E-state index is 0.0478. The van der Waals surface area contributed by atoms with Gasteiger partial charge in [0.2, 0.25) is 0 Å². The maximum Gasteiger partial charge on any atom is 0.187 e. The Balaban J connectivity index is 1.74. The zero-order valence-corrected chi connectivity index (χ0v) is 13.1. The molecule has 1 aliphatic heterocycles. The van der Waals surface area contributed by atoms with Gasteiger partial charge >= 0.3 is 0 Å². The van der Waals surface area contributed by atoms with Crippen LogP contribution in [0.1, 0.15) is 28.8 Å². The highest BCUT2D eigenvalue weighted by atomic mass is 35.5. The van der Waals surface area contributed by atoms with Gasteiger partial charge in [-0.25, -0.2) is 0 Å². The molecule has 0 spiro atoms. The van der Waals surface area contributed by atoms with Gasteiger partial charge in [0, 0.05) is 35.4 Å². The lowest BCUT2D eigenvalue weighted by Gasteiger charge is -2.20. The van der Waals surface area contributed by atoms with Crippen LogP contribution in [0.3, 0.4) is 0 Å². The highest BCUT2D eigenvalue weighted by Gasteiger charge is 2.18. The summed E-state index contributed by atoms with van der Waals surface area (Å²) in [7, 11) is 0. The number of likely N-dealkylation sites (tertiary alicyclic amines) is 1. The monoisotopic (exact) mass is 311 g/mol. The molecule has 112 valence electrons. The van der Waals surface area contributed by atoms with E-state index in [2.05, 4.69) is 17.0 Å². The number of hydrogen-bond donors (Lipinski definition) is 0. The molecule has 1 aliphatic rings. The normalized spacial score (nSPS) is 16.2. The van der Waals surface area contributed by atoms with E-state index in [-0.39, 0.29) is 5.78 Å². The summed E-state index contributed by atoms with van der Waals surface area (Å²) in [5.41, 5.74) is 3.08. The van der Waals surface area contributed by atoms with E-state index in [1.54, 1.807) is 30.3 Å². The van der Waals surface area contributed by atoms with E-state index in [1.165, 1.54) is 5.56 Å². The lowest BCUT2D eigenvalue weighted by molar-refractivity contribution is 0.104. The summed E-state index contributed by atoms with van der Waals surface area (Å²) in [6.45, 7) is 1.87. The van der Waals surface area contributed by atoms with Crippen molar-refractivity contribution in [2.45, 2.75) is 19.4 Å². The first-order chi connectivity index (χ1) is 10.7. The van der Waals surface area contributed by atoms with Crippen LogP contribution in [0.5, 0.6) is 0 Å². The molecule has 2 aromatic rings. The Labute approximate surface area is 136 Å². The fraction of sp³-hybridized carbons (Fsp3) is 0.211. The van der Waals surface area contributed by atoms with Crippen LogP contribution < -0.4 is 0 Å². The average molecular weight is 312 g/mol. The summed E-state index contributed by atoms with van der Waals surface area (Å²) < 4.78 is 0. The van der Waals surface area contributed by atoms with Crippen LogP contribution in [0, 0.1) is 0 Å². The molecule has 0 bridgehead atoms. The first-order valence-electron chi connectivity index (χ1n) is 7.52. The fourth-order valence-electron chi connectivity index (χ4n) is 2.75. The van der Waals surface area contributed by atoms with Crippen LogP contribution >= 0.6 is 11.6 Å². The second-order valence-electron chi connectivity index (χ2n) is 5.52. The molecule has 1 heterocycles. The van der Waals surface area contributed by atoms with Gasteiger partial charge in [0.25, 0.3) is 0 Å². The van der Waals surface area contributed by atoms with E-state index in [1.807, 2.05) is 18.2 Å². The Kier molecular flexibility index (Phi) is 4.59. The topological polar surface area (TPSA) is 20.3 Å². The van der Waals surface area contributed by atoms with Gasteiger partial charge in [0.05, 0.1) is 0 Å². The summed E-state index contributed by atoms with van der Waals surface area (Å²) in [6, 6.07) is 17.4. The van der Waals surface area contributed by atoms with Crippen molar-refractivity contribution in [1.82, 2.24) is 4.90 Å². The first kappa shape index (κ1) is 14.9. The molecule has 0 aromatic heterocycles. The predicted molar refractivity (Wildman–Crippen MR) is 90.0 cm³/mol. The van der Waals surface area contributed by atoms with E-state index in [9.17, 15) is 4.79 Å². The highest BCUT2D eigenvalue weighted by molar-refractivity contribution is 6.30. The Morgan fingerprint density at radius 2 is 1.82 bits per heavy atom. The molecule has 2 nitrogen and oxygen atoms in total. The molecule has 22 heavy (non-hydrogen) atoms. The number of carbonyl (C=O) groups excluding carboxylic acids is 1. The third-order valence-corrected chi connectivity index (χ3v) is 4.16. The van der Waals surface area contributed by atoms with E-state index in [0.29, 0.717) is 10.6 Å². The number of rotatable bonds is 4. The summed E-state index contributed by atoms with van der Waals surface area (Å²) in [5, 5.41) is 0.649. The zero-order chi connectivity index (χ0) is 15.4. The van der Waals surface area contributed by atoms with Crippen molar-refractivity contribution in [1.29, 1.82) is 0 Å². The second kappa shape index (κ2) is 6.80. The molecule has 0 N–H and O–H groups in total. The number of ketones is 1. The average Bonchev–Trinajstić information content (AvgIpc) is 2.96. The third-order valence-electron chi connectivity index (χ3n) is 3.91. The molecule has 0 unspecified atom stereocenters. The smallest absolute Gasteiger partial charge is 0.187 e. The van der Waals surface area contributed by atoms with Crippen molar-refractivity contribution < 1.29 is 4.79 Å². The molecule has 0 saturated carbocycles. The van der Waals surface area contributed by atoms with Gasteiger partial charge in [-0.2, -0.15) is 0 Å². The summed E-state index contributed by atoms with van der Waals surface area (Å²) >= 11 is 5.87.